The highest BCUT2D eigenvalue weighted by atomic mass is 32.2. The molecule has 0 fully saturated rings. The molecule has 0 bridgehead atoms. The molecule has 0 spiro atoms. The molecule has 0 aliphatic heterocycles. The number of sulfone groups is 1. The Kier molecular flexibility index (Phi) is 5.82. The summed E-state index contributed by atoms with van der Waals surface area (Å²) in [7, 11) is -0.903. The van der Waals surface area contributed by atoms with Crippen molar-refractivity contribution in [3.8, 4) is 0 Å². The van der Waals surface area contributed by atoms with E-state index in [2.05, 4.69) is 24.4 Å². The fourth-order valence-electron chi connectivity index (χ4n) is 2.04. The molecule has 4 heteroatoms. The van der Waals surface area contributed by atoms with Crippen LogP contribution in [0.5, 0.6) is 0 Å². The lowest BCUT2D eigenvalue weighted by molar-refractivity contribution is 0.510. The molecular formula is C14H23NO2S. The second-order valence-electron chi connectivity index (χ2n) is 4.89. The molecular weight excluding hydrogens is 246 g/mol. The zero-order chi connectivity index (χ0) is 13.6. The molecule has 1 rings (SSSR count). The molecule has 1 aromatic rings. The third-order valence-electron chi connectivity index (χ3n) is 3.20. The molecule has 0 saturated heterocycles. The van der Waals surface area contributed by atoms with Gasteiger partial charge in [-0.1, -0.05) is 24.3 Å². The molecule has 1 N–H and O–H groups in total. The van der Waals surface area contributed by atoms with E-state index in [0.717, 1.165) is 19.3 Å². The maximum absolute atomic E-state index is 11.1. The lowest BCUT2D eigenvalue weighted by Gasteiger charge is -2.17. The van der Waals surface area contributed by atoms with E-state index in [1.54, 1.807) is 0 Å². The SMILES string of the molecule is CNC(CCCS(C)(=O)=O)Cc1ccccc1C. The highest BCUT2D eigenvalue weighted by molar-refractivity contribution is 7.90. The van der Waals surface area contributed by atoms with Crippen molar-refractivity contribution in [1.82, 2.24) is 5.32 Å². The largest absolute Gasteiger partial charge is 0.317 e. The van der Waals surface area contributed by atoms with Crippen LogP contribution in [0, 0.1) is 6.92 Å². The number of hydrogen-bond donors (Lipinski definition) is 1. The van der Waals surface area contributed by atoms with Crippen molar-refractivity contribution in [2.45, 2.75) is 32.2 Å². The number of rotatable bonds is 7. The van der Waals surface area contributed by atoms with E-state index in [9.17, 15) is 8.42 Å². The molecule has 0 aromatic heterocycles. The van der Waals surface area contributed by atoms with Crippen LogP contribution >= 0.6 is 0 Å². The maximum atomic E-state index is 11.1. The van der Waals surface area contributed by atoms with Gasteiger partial charge in [0, 0.05) is 18.1 Å². The van der Waals surface area contributed by atoms with Crippen molar-refractivity contribution >= 4 is 9.84 Å². The van der Waals surface area contributed by atoms with Gasteiger partial charge in [-0.3, -0.25) is 0 Å². The zero-order valence-electron chi connectivity index (χ0n) is 11.4. The van der Waals surface area contributed by atoms with Crippen molar-refractivity contribution in [2.24, 2.45) is 0 Å². The second-order valence-corrected chi connectivity index (χ2v) is 7.15. The molecule has 3 nitrogen and oxygen atoms in total. The summed E-state index contributed by atoms with van der Waals surface area (Å²) >= 11 is 0. The van der Waals surface area contributed by atoms with Crippen LogP contribution in [0.4, 0.5) is 0 Å². The summed E-state index contributed by atoms with van der Waals surface area (Å²) in [5.41, 5.74) is 2.62. The van der Waals surface area contributed by atoms with Crippen LogP contribution in [0.15, 0.2) is 24.3 Å². The summed E-state index contributed by atoms with van der Waals surface area (Å²) in [5, 5.41) is 3.27. The second kappa shape index (κ2) is 6.90. The van der Waals surface area contributed by atoms with Crippen LogP contribution in [0.2, 0.25) is 0 Å². The van der Waals surface area contributed by atoms with Crippen LogP contribution in [0.1, 0.15) is 24.0 Å². The third kappa shape index (κ3) is 5.65. The minimum absolute atomic E-state index is 0.277. The minimum atomic E-state index is -2.84. The Morgan fingerprint density at radius 1 is 1.28 bits per heavy atom. The zero-order valence-corrected chi connectivity index (χ0v) is 12.3. The summed E-state index contributed by atoms with van der Waals surface area (Å²) in [5.74, 6) is 0.277. The van der Waals surface area contributed by atoms with Crippen LogP contribution in [-0.2, 0) is 16.3 Å². The summed E-state index contributed by atoms with van der Waals surface area (Å²) in [4.78, 5) is 0. The molecule has 1 aromatic carbocycles. The van der Waals surface area contributed by atoms with Gasteiger partial charge in [-0.15, -0.1) is 0 Å². The fraction of sp³-hybridized carbons (Fsp3) is 0.571. The van der Waals surface area contributed by atoms with Gasteiger partial charge < -0.3 is 5.32 Å². The highest BCUT2D eigenvalue weighted by Gasteiger charge is 2.10. The van der Waals surface area contributed by atoms with E-state index >= 15 is 0 Å². The molecule has 1 unspecified atom stereocenters. The van der Waals surface area contributed by atoms with Gasteiger partial charge in [0.1, 0.15) is 9.84 Å². The first kappa shape index (κ1) is 15.2. The normalized spacial score (nSPS) is 13.5. The third-order valence-corrected chi connectivity index (χ3v) is 4.23. The first-order chi connectivity index (χ1) is 8.42. The summed E-state index contributed by atoms with van der Waals surface area (Å²) in [6.07, 6.45) is 3.85. The van der Waals surface area contributed by atoms with Gasteiger partial charge in [0.15, 0.2) is 0 Å². The predicted molar refractivity (Wildman–Crippen MR) is 76.7 cm³/mol. The van der Waals surface area contributed by atoms with E-state index in [1.165, 1.54) is 17.4 Å². The van der Waals surface area contributed by atoms with Crippen molar-refractivity contribution in [3.63, 3.8) is 0 Å². The Bertz CT molecular complexity index is 468. The van der Waals surface area contributed by atoms with Gasteiger partial charge in [0.2, 0.25) is 0 Å². The molecule has 0 radical (unpaired) electrons. The number of hydrogen-bond acceptors (Lipinski definition) is 3. The number of likely N-dealkylation sites (N-methyl/N-ethyl adjacent to an activating group) is 1. The van der Waals surface area contributed by atoms with E-state index in [-0.39, 0.29) is 5.75 Å². The van der Waals surface area contributed by atoms with Gasteiger partial charge in [-0.2, -0.15) is 0 Å². The Balaban J connectivity index is 2.50. The quantitative estimate of drug-likeness (QED) is 0.823. The molecule has 0 amide bonds. The first-order valence-electron chi connectivity index (χ1n) is 6.32. The van der Waals surface area contributed by atoms with Crippen molar-refractivity contribution in [1.29, 1.82) is 0 Å². The Morgan fingerprint density at radius 3 is 2.50 bits per heavy atom. The standard InChI is InChI=1S/C14H23NO2S/c1-12-7-4-5-8-13(12)11-14(15-2)9-6-10-18(3,16)17/h4-5,7-8,14-15H,6,9-11H2,1-3H3. The fourth-order valence-corrected chi connectivity index (χ4v) is 2.74. The first-order valence-corrected chi connectivity index (χ1v) is 8.38. The van der Waals surface area contributed by atoms with E-state index in [1.807, 2.05) is 19.2 Å². The molecule has 0 saturated carbocycles. The number of aryl methyl sites for hydroxylation is 1. The van der Waals surface area contributed by atoms with Gasteiger partial charge in [-0.25, -0.2) is 8.42 Å². The van der Waals surface area contributed by atoms with Crippen LogP contribution < -0.4 is 5.32 Å². The molecule has 0 aliphatic rings. The molecule has 1 atom stereocenters. The molecule has 18 heavy (non-hydrogen) atoms. The van der Waals surface area contributed by atoms with Crippen molar-refractivity contribution in [2.75, 3.05) is 19.1 Å². The average molecular weight is 269 g/mol. The predicted octanol–water partition coefficient (Wildman–Crippen LogP) is 1.95. The lowest BCUT2D eigenvalue weighted by Crippen LogP contribution is -2.28. The monoisotopic (exact) mass is 269 g/mol. The topological polar surface area (TPSA) is 46.2 Å². The molecule has 0 aliphatic carbocycles. The van der Waals surface area contributed by atoms with Gasteiger partial charge in [-0.05, 0) is 44.4 Å². The van der Waals surface area contributed by atoms with Crippen molar-refractivity contribution < 1.29 is 8.42 Å². The van der Waals surface area contributed by atoms with E-state index in [4.69, 9.17) is 0 Å². The maximum Gasteiger partial charge on any atom is 0.147 e. The summed E-state index contributed by atoms with van der Waals surface area (Å²) < 4.78 is 22.2. The Hall–Kier alpha value is -0.870. The summed E-state index contributed by atoms with van der Waals surface area (Å²) in [6, 6.07) is 8.67. The van der Waals surface area contributed by atoms with Crippen molar-refractivity contribution in [3.05, 3.63) is 35.4 Å². The summed E-state index contributed by atoms with van der Waals surface area (Å²) in [6.45, 7) is 2.11. The van der Waals surface area contributed by atoms with Crippen LogP contribution in [-0.4, -0.2) is 33.5 Å². The van der Waals surface area contributed by atoms with Gasteiger partial charge in [0.05, 0.1) is 0 Å². The molecule has 102 valence electrons. The van der Waals surface area contributed by atoms with E-state index < -0.39 is 9.84 Å². The van der Waals surface area contributed by atoms with Crippen LogP contribution in [0.25, 0.3) is 0 Å². The smallest absolute Gasteiger partial charge is 0.147 e. The van der Waals surface area contributed by atoms with Crippen LogP contribution in [0.3, 0.4) is 0 Å². The average Bonchev–Trinajstić information content (AvgIpc) is 2.29. The van der Waals surface area contributed by atoms with Gasteiger partial charge >= 0.3 is 0 Å². The molecule has 0 heterocycles. The number of benzene rings is 1. The Labute approximate surface area is 111 Å². The highest BCUT2D eigenvalue weighted by Crippen LogP contribution is 2.12. The van der Waals surface area contributed by atoms with Gasteiger partial charge in [0.25, 0.3) is 0 Å². The van der Waals surface area contributed by atoms with E-state index in [0.29, 0.717) is 6.04 Å². The lowest BCUT2D eigenvalue weighted by atomic mass is 9.99. The number of nitrogens with one attached hydrogen (secondary N) is 1. The Morgan fingerprint density at radius 2 is 1.94 bits per heavy atom. The minimum Gasteiger partial charge on any atom is -0.317 e.